The molecule has 0 atom stereocenters. The van der Waals surface area contributed by atoms with Gasteiger partial charge >= 0.3 is 0 Å². The van der Waals surface area contributed by atoms with E-state index in [1.807, 2.05) is 0 Å². The molecule has 0 heterocycles. The van der Waals surface area contributed by atoms with Gasteiger partial charge in [0, 0.05) is 16.8 Å². The number of allylic oxidation sites excluding steroid dienone is 4. The number of unbranched alkanes of at least 4 members (excludes halogenated alkanes) is 2. The third-order valence-electron chi connectivity index (χ3n) is 1.82. The SMILES string of the molecule is CCCCCC1=[C-]CC=C1.[Co]. The molecule has 11 heavy (non-hydrogen) atoms. The van der Waals surface area contributed by atoms with E-state index in [-0.39, 0.29) is 16.8 Å². The van der Waals surface area contributed by atoms with Crippen LogP contribution in [0.3, 0.4) is 0 Å². The molecule has 0 spiro atoms. The Bertz CT molecular complexity index is 145. The minimum atomic E-state index is 0. The smallest absolute Gasteiger partial charge is 0 e. The molecule has 0 aromatic carbocycles. The average Bonchev–Trinajstić information content (AvgIpc) is 2.41. The van der Waals surface area contributed by atoms with Crippen molar-refractivity contribution in [3.05, 3.63) is 23.8 Å². The molecule has 0 nitrogen and oxygen atoms in total. The standard InChI is InChI=1S/C10H15.Co/c1-2-3-4-7-10-8-5-6-9-10;/h5,8H,2-4,6-7H2,1H3;/q-1;. The summed E-state index contributed by atoms with van der Waals surface area (Å²) in [7, 11) is 0. The summed E-state index contributed by atoms with van der Waals surface area (Å²) in [6, 6.07) is 0. The van der Waals surface area contributed by atoms with Crippen molar-refractivity contribution in [3.63, 3.8) is 0 Å². The Morgan fingerprint density at radius 3 is 2.82 bits per heavy atom. The molecule has 0 fully saturated rings. The van der Waals surface area contributed by atoms with Crippen molar-refractivity contribution in [1.29, 1.82) is 0 Å². The topological polar surface area (TPSA) is 0 Å². The van der Waals surface area contributed by atoms with Crippen molar-refractivity contribution in [1.82, 2.24) is 0 Å². The minimum Gasteiger partial charge on any atom is -0.269 e. The molecule has 1 aliphatic carbocycles. The molecule has 1 radical (unpaired) electrons. The summed E-state index contributed by atoms with van der Waals surface area (Å²) in [6.07, 6.45) is 14.0. The van der Waals surface area contributed by atoms with Crippen LogP contribution in [-0.2, 0) is 16.8 Å². The summed E-state index contributed by atoms with van der Waals surface area (Å²) in [5, 5.41) is 0. The Morgan fingerprint density at radius 1 is 1.45 bits per heavy atom. The van der Waals surface area contributed by atoms with Gasteiger partial charge in [-0.15, -0.1) is 6.42 Å². The quantitative estimate of drug-likeness (QED) is 0.476. The molecular formula is C10H15Co-. The molecule has 0 unspecified atom stereocenters. The van der Waals surface area contributed by atoms with Gasteiger partial charge in [0.2, 0.25) is 0 Å². The molecule has 0 aromatic heterocycles. The summed E-state index contributed by atoms with van der Waals surface area (Å²) >= 11 is 0. The molecule has 1 aliphatic rings. The predicted octanol–water partition coefficient (Wildman–Crippen LogP) is 3.25. The van der Waals surface area contributed by atoms with Gasteiger partial charge in [0.15, 0.2) is 0 Å². The van der Waals surface area contributed by atoms with E-state index in [0.717, 1.165) is 6.42 Å². The molecule has 0 bridgehead atoms. The van der Waals surface area contributed by atoms with Gasteiger partial charge in [-0.25, -0.2) is 11.6 Å². The molecule has 0 aromatic rings. The van der Waals surface area contributed by atoms with Crippen LogP contribution in [0.2, 0.25) is 0 Å². The van der Waals surface area contributed by atoms with Gasteiger partial charge in [-0.3, -0.25) is 6.08 Å². The number of rotatable bonds is 4. The summed E-state index contributed by atoms with van der Waals surface area (Å²) in [4.78, 5) is 0. The van der Waals surface area contributed by atoms with Crippen molar-refractivity contribution >= 4 is 0 Å². The van der Waals surface area contributed by atoms with Gasteiger partial charge in [-0.2, -0.15) is 6.08 Å². The van der Waals surface area contributed by atoms with E-state index in [1.165, 1.54) is 31.3 Å². The first kappa shape index (κ1) is 11.0. The fourth-order valence-electron chi connectivity index (χ4n) is 1.19. The largest absolute Gasteiger partial charge is 0.269 e. The van der Waals surface area contributed by atoms with E-state index in [2.05, 4.69) is 25.2 Å². The third kappa shape index (κ3) is 4.43. The monoisotopic (exact) mass is 194 g/mol. The Labute approximate surface area is 80.0 Å². The zero-order chi connectivity index (χ0) is 7.23. The first-order valence-corrected chi connectivity index (χ1v) is 4.19. The molecule has 65 valence electrons. The van der Waals surface area contributed by atoms with Crippen LogP contribution < -0.4 is 0 Å². The molecule has 1 heteroatoms. The van der Waals surface area contributed by atoms with E-state index in [0.29, 0.717) is 0 Å². The average molecular weight is 194 g/mol. The number of hydrogen-bond acceptors (Lipinski definition) is 0. The Hall–Kier alpha value is -0.0135. The second-order valence-electron chi connectivity index (χ2n) is 2.77. The molecule has 1 rings (SSSR count). The van der Waals surface area contributed by atoms with Crippen molar-refractivity contribution in [3.8, 4) is 0 Å². The maximum Gasteiger partial charge on any atom is 0 e. The second-order valence-corrected chi connectivity index (χ2v) is 2.77. The zero-order valence-electron chi connectivity index (χ0n) is 7.02. The Balaban J connectivity index is 0.000001000. The first-order chi connectivity index (χ1) is 4.93. The van der Waals surface area contributed by atoms with Crippen molar-refractivity contribution in [2.75, 3.05) is 0 Å². The maximum atomic E-state index is 3.32. The molecule has 0 saturated heterocycles. The Morgan fingerprint density at radius 2 is 2.27 bits per heavy atom. The molecule has 0 amide bonds. The molecule has 0 N–H and O–H groups in total. The second kappa shape index (κ2) is 6.68. The molecule has 0 aliphatic heterocycles. The molecule has 0 saturated carbocycles. The fraction of sp³-hybridized carbons (Fsp3) is 0.600. The zero-order valence-corrected chi connectivity index (χ0v) is 8.06. The third-order valence-corrected chi connectivity index (χ3v) is 1.82. The van der Waals surface area contributed by atoms with Crippen LogP contribution in [0.25, 0.3) is 0 Å². The fourth-order valence-corrected chi connectivity index (χ4v) is 1.19. The van der Waals surface area contributed by atoms with Crippen LogP contribution in [0.4, 0.5) is 0 Å². The van der Waals surface area contributed by atoms with Gasteiger partial charge in [0.25, 0.3) is 0 Å². The van der Waals surface area contributed by atoms with E-state index in [9.17, 15) is 0 Å². The van der Waals surface area contributed by atoms with E-state index in [4.69, 9.17) is 0 Å². The van der Waals surface area contributed by atoms with Gasteiger partial charge in [-0.1, -0.05) is 32.6 Å². The van der Waals surface area contributed by atoms with Crippen LogP contribution in [-0.4, -0.2) is 0 Å². The van der Waals surface area contributed by atoms with Crippen molar-refractivity contribution < 1.29 is 16.8 Å². The van der Waals surface area contributed by atoms with Crippen LogP contribution in [0.1, 0.15) is 39.0 Å². The van der Waals surface area contributed by atoms with Gasteiger partial charge in [0.1, 0.15) is 0 Å². The Kier molecular flexibility index (Phi) is 6.67. The van der Waals surface area contributed by atoms with Crippen molar-refractivity contribution in [2.45, 2.75) is 39.0 Å². The summed E-state index contributed by atoms with van der Waals surface area (Å²) < 4.78 is 0. The van der Waals surface area contributed by atoms with Crippen LogP contribution >= 0.6 is 0 Å². The summed E-state index contributed by atoms with van der Waals surface area (Å²) in [6.45, 7) is 2.24. The van der Waals surface area contributed by atoms with Gasteiger partial charge in [0.05, 0.1) is 0 Å². The van der Waals surface area contributed by atoms with Gasteiger partial charge < -0.3 is 0 Å². The number of hydrogen-bond donors (Lipinski definition) is 0. The van der Waals surface area contributed by atoms with Crippen molar-refractivity contribution in [2.24, 2.45) is 0 Å². The van der Waals surface area contributed by atoms with Crippen LogP contribution in [0.15, 0.2) is 17.7 Å². The summed E-state index contributed by atoms with van der Waals surface area (Å²) in [5.74, 6) is 0. The van der Waals surface area contributed by atoms with E-state index >= 15 is 0 Å². The normalized spacial score (nSPS) is 14.5. The van der Waals surface area contributed by atoms with E-state index in [1.54, 1.807) is 0 Å². The molecular weight excluding hydrogens is 179 g/mol. The summed E-state index contributed by atoms with van der Waals surface area (Å²) in [5.41, 5.74) is 1.42. The van der Waals surface area contributed by atoms with Crippen LogP contribution in [0.5, 0.6) is 0 Å². The predicted molar refractivity (Wildman–Crippen MR) is 44.7 cm³/mol. The van der Waals surface area contributed by atoms with Gasteiger partial charge in [-0.05, 0) is 0 Å². The van der Waals surface area contributed by atoms with Crippen LogP contribution in [0, 0.1) is 6.08 Å². The first-order valence-electron chi connectivity index (χ1n) is 4.19. The minimum absolute atomic E-state index is 0. The van der Waals surface area contributed by atoms with E-state index < -0.39 is 0 Å². The maximum absolute atomic E-state index is 3.32.